The Morgan fingerprint density at radius 1 is 0.739 bits per heavy atom. The molecule has 0 bridgehead atoms. The Bertz CT molecular complexity index is 4710. The minimum Gasteiger partial charge on any atom is -1.00 e. The molecule has 6 aromatic heterocycles. The van der Waals surface area contributed by atoms with Crippen molar-refractivity contribution in [1.29, 1.82) is 0 Å². The van der Waals surface area contributed by atoms with Crippen LogP contribution in [0.1, 0.15) is 85.4 Å². The van der Waals surface area contributed by atoms with Gasteiger partial charge in [-0.15, -0.1) is 49.1 Å². The van der Waals surface area contributed by atoms with Crippen molar-refractivity contribution >= 4 is 151 Å². The van der Waals surface area contributed by atoms with Crippen LogP contribution in [0, 0.1) is 0 Å². The lowest BCUT2D eigenvalue weighted by Crippen LogP contribution is -3.00. The van der Waals surface area contributed by atoms with Gasteiger partial charge in [-0.05, 0) is 127 Å². The fourth-order valence-corrected chi connectivity index (χ4v) is 15.3. The number of halogens is 2. The highest BCUT2D eigenvalue weighted by Gasteiger charge is 2.56. The molecule has 4 atom stereocenters. The van der Waals surface area contributed by atoms with Crippen molar-refractivity contribution in [3.63, 3.8) is 0 Å². The lowest BCUT2D eigenvalue weighted by molar-refractivity contribution is -0.665. The number of imidazole rings is 2. The molecule has 10 heterocycles. The second-order valence-electron chi connectivity index (χ2n) is 26.5. The number of ether oxygens (including phenoxy) is 4. The summed E-state index contributed by atoms with van der Waals surface area (Å²) in [6.07, 6.45) is 11.0. The van der Waals surface area contributed by atoms with Crippen LogP contribution in [0.3, 0.4) is 0 Å². The first-order valence-electron chi connectivity index (χ1n) is 34.6. The summed E-state index contributed by atoms with van der Waals surface area (Å²) in [5, 5.41) is 30.0. The van der Waals surface area contributed by atoms with Crippen LogP contribution in [0.4, 0.5) is 19.9 Å². The summed E-state index contributed by atoms with van der Waals surface area (Å²) in [5.41, 5.74) is 8.43. The zero-order valence-corrected chi connectivity index (χ0v) is 68.5. The lowest BCUT2D eigenvalue weighted by Gasteiger charge is -2.50. The van der Waals surface area contributed by atoms with Gasteiger partial charge < -0.3 is 98.2 Å². The second kappa shape index (κ2) is 39.3. The van der Waals surface area contributed by atoms with Gasteiger partial charge in [-0.25, -0.2) is 23.5 Å². The summed E-state index contributed by atoms with van der Waals surface area (Å²) in [6, 6.07) is 12.6. The van der Waals surface area contributed by atoms with Gasteiger partial charge in [-0.2, -0.15) is 18.7 Å². The fourth-order valence-electron chi connectivity index (χ4n) is 11.6. The van der Waals surface area contributed by atoms with Gasteiger partial charge in [0.1, 0.15) is 89.4 Å². The average molecular weight is 1740 g/mol. The molecule has 2 fully saturated rings. The number of rotatable bonds is 32. The lowest BCUT2D eigenvalue weighted by atomic mass is 10.0. The molecule has 4 aliphatic heterocycles. The normalized spacial score (nSPS) is 16.8. The molecule has 4 unspecified atom stereocenters. The van der Waals surface area contributed by atoms with E-state index in [2.05, 4.69) is 68.4 Å². The summed E-state index contributed by atoms with van der Waals surface area (Å²) in [4.78, 5) is 138. The standard InChI is InChI=1S/C44H54N10O10S2.C26H30N10O5S2.ClH.HI/c1-10-19-51(42(59)64-44(6,7)8)21-13-22-53-26-45-35-30(53)14-12-20-52(35)23-28-25-65-38-32(37(56)54(38)33(28)39(57)61-24-27-15-17-29(60-9)18-16-27)46-36(55)31(49-62-11-2)34-47-40(66-50-34)48-41(58)63-43(3,4)5;1-3-8-28-9-6-11-35-14-29-21-16(35)7-5-10-34(21)12-15-13-42-24-18(23(38)36(24)19(15)25(39)40)30-22(37)17(32-41-4-2)20-31-26(27)43-33-20;;/h10,12,14-18,20,26,32,38H,1,11,13,19,21-25H2,2-9H3,(H-,46,47,48,50,55,58);3,5,7,10,14,18,24,28H,1,4,6,8-9,11-13H2,2H3,(H3-,27,30,31,33,37,39,40);2*1H/b49-31-;32-17-;;. The third kappa shape index (κ3) is 21.6. The van der Waals surface area contributed by atoms with E-state index in [-0.39, 0.29) is 114 Å². The molecule has 1 aromatic carbocycles. The summed E-state index contributed by atoms with van der Waals surface area (Å²) in [5.74, 6) is -3.81. The third-order valence-corrected chi connectivity index (χ3v) is 20.2. The van der Waals surface area contributed by atoms with Gasteiger partial charge in [0.05, 0.1) is 31.2 Å². The van der Waals surface area contributed by atoms with E-state index >= 15 is 0 Å². The van der Waals surface area contributed by atoms with Crippen molar-refractivity contribution in [2.75, 3.05) is 69.1 Å². The number of anilines is 2. The number of pyridine rings is 2. The smallest absolute Gasteiger partial charge is 0.414 e. The van der Waals surface area contributed by atoms with E-state index in [0.717, 1.165) is 65.1 Å². The number of oxime groups is 2. The average Bonchev–Trinajstić information content (AvgIpc) is 1.57. The number of nitrogens with one attached hydrogen (secondary N) is 4. The number of esters is 1. The van der Waals surface area contributed by atoms with Crippen LogP contribution < -0.4 is 70.0 Å². The zero-order valence-electron chi connectivity index (χ0n) is 62.2. The van der Waals surface area contributed by atoms with Crippen LogP contribution in [-0.2, 0) is 85.4 Å². The molecule has 11 rings (SSSR count). The van der Waals surface area contributed by atoms with Crippen LogP contribution >= 0.6 is 59.0 Å². The SMILES string of the molecule is C=CCN(CCCn1cnc2c1ccc[n+]2CC1=C(C(=O)OCc2ccc(OC)cc2)N2C(=O)C(NC(=O)/C(=N\OCC)c3nsc(NC(=O)OC(C)(C)C)n3)C2SC1)C(=O)OC(C)(C)C.C=CCNCCCn1cnc2c1ccc[n+]2CC1=C(C(=O)[O-])N2C(=O)C(NC(=O)/C(=N\OCC)c3nsc(N)n3)C2SC1.Cl.[I-]. The minimum atomic E-state index is -1.47. The maximum atomic E-state index is 14.2. The van der Waals surface area contributed by atoms with Crippen molar-refractivity contribution < 1.29 is 105 Å². The maximum Gasteiger partial charge on any atom is 0.414 e. The number of β-lactam (4-membered cyclic amide) rings is 2. The number of carboxylic acids is 1. The number of aryl methyl sites for hydroxylation is 2. The largest absolute Gasteiger partial charge is 1.00 e. The first-order valence-corrected chi connectivity index (χ1v) is 38.2. The molecule has 41 heteroatoms. The highest BCUT2D eigenvalue weighted by atomic mass is 127. The van der Waals surface area contributed by atoms with Crippen molar-refractivity contribution in [1.82, 2.24) is 68.5 Å². The molecule has 594 valence electrons. The molecule has 0 saturated carbocycles. The van der Waals surface area contributed by atoms with Gasteiger partial charge in [-0.1, -0.05) is 34.6 Å². The number of methoxy groups -OCH3 is 1. The molecule has 2 saturated heterocycles. The Kier molecular flexibility index (Phi) is 30.7. The number of aromatic nitrogens is 10. The molecule has 6 N–H and O–H groups in total. The van der Waals surface area contributed by atoms with E-state index in [1.54, 1.807) is 89.6 Å². The van der Waals surface area contributed by atoms with E-state index < -0.39 is 81.8 Å². The number of nitrogen functional groups attached to an aromatic ring is 1. The Morgan fingerprint density at radius 3 is 1.77 bits per heavy atom. The number of carbonyl (C=O) groups is 8. The molecule has 0 spiro atoms. The molecule has 7 aromatic rings. The Labute approximate surface area is 678 Å². The van der Waals surface area contributed by atoms with E-state index in [1.807, 2.05) is 81.8 Å². The number of thioether (sulfide) groups is 2. The van der Waals surface area contributed by atoms with Gasteiger partial charge in [0.2, 0.25) is 40.9 Å². The van der Waals surface area contributed by atoms with E-state index in [1.165, 1.54) is 28.4 Å². The molecule has 0 aliphatic carbocycles. The Hall–Kier alpha value is -9.88. The van der Waals surface area contributed by atoms with Crippen LogP contribution in [0.15, 0.2) is 132 Å². The quantitative estimate of drug-likeness (QED) is 0.00457. The van der Waals surface area contributed by atoms with Crippen molar-refractivity contribution in [3.05, 3.63) is 139 Å². The molecule has 6 amide bonds. The second-order valence-corrected chi connectivity index (χ2v) is 30.3. The third-order valence-electron chi connectivity index (χ3n) is 16.4. The molecular weight excluding hydrogens is 1650 g/mol. The monoisotopic (exact) mass is 1740 g/mol. The van der Waals surface area contributed by atoms with Crippen LogP contribution in [0.5, 0.6) is 5.75 Å². The molecule has 35 nitrogen and oxygen atoms in total. The number of fused-ring (bicyclic) bond motifs is 4. The first kappa shape index (κ1) is 86.7. The topological polar surface area (TPSA) is 419 Å². The van der Waals surface area contributed by atoms with Gasteiger partial charge in [0, 0.05) is 78.4 Å². The summed E-state index contributed by atoms with van der Waals surface area (Å²) < 4.78 is 37.9. The van der Waals surface area contributed by atoms with E-state index in [9.17, 15) is 43.5 Å². The van der Waals surface area contributed by atoms with Gasteiger partial charge in [0.25, 0.3) is 23.6 Å². The van der Waals surface area contributed by atoms with Crippen molar-refractivity contribution in [3.8, 4) is 5.75 Å². The number of hydrogen-bond acceptors (Lipinski definition) is 29. The Balaban J connectivity index is 0.000000297. The number of nitrogens with two attached hydrogens (primary N) is 1. The number of carbonyl (C=O) groups excluding carboxylic acids is 8. The van der Waals surface area contributed by atoms with Crippen molar-refractivity contribution in [2.24, 2.45) is 10.3 Å². The first-order chi connectivity index (χ1) is 52.2. The van der Waals surface area contributed by atoms with Gasteiger partial charge in [0.15, 0.2) is 5.13 Å². The summed E-state index contributed by atoms with van der Waals surface area (Å²) in [6.45, 7) is 25.7. The number of aliphatic carboxylic acids is 1. The van der Waals surface area contributed by atoms with Gasteiger partial charge in [-0.3, -0.25) is 34.3 Å². The highest BCUT2D eigenvalue weighted by molar-refractivity contribution is 8.00. The summed E-state index contributed by atoms with van der Waals surface area (Å²) >= 11 is 4.39. The predicted octanol–water partition coefficient (Wildman–Crippen LogP) is 1.38. The van der Waals surface area contributed by atoms with Crippen LogP contribution in [0.25, 0.3) is 22.3 Å². The molecule has 111 heavy (non-hydrogen) atoms. The van der Waals surface area contributed by atoms with Gasteiger partial charge >= 0.3 is 29.5 Å². The molecule has 4 aliphatic rings. The number of nitrogens with zero attached hydrogens (tertiary/aromatic N) is 15. The fraction of sp³-hybridized carbons (Fsp3) is 0.429. The van der Waals surface area contributed by atoms with E-state index in [4.69, 9.17) is 39.3 Å². The molecular formula is C70H86ClIN20O15S4. The maximum absolute atomic E-state index is 14.2. The Morgan fingerprint density at radius 2 is 1.27 bits per heavy atom. The number of benzene rings is 1. The minimum absolute atomic E-state index is 0. The number of amides is 6. The number of carboxylic acid groups (broad SMARTS) is 1. The van der Waals surface area contributed by atoms with E-state index in [0.29, 0.717) is 71.3 Å². The highest BCUT2D eigenvalue weighted by Crippen LogP contribution is 2.42. The summed E-state index contributed by atoms with van der Waals surface area (Å²) in [7, 11) is 1.56. The van der Waals surface area contributed by atoms with Crippen molar-refractivity contribution in [2.45, 2.75) is 135 Å². The van der Waals surface area contributed by atoms with Crippen LogP contribution in [-0.4, -0.2) is 204 Å². The molecule has 0 radical (unpaired) electrons. The van der Waals surface area contributed by atoms with Crippen LogP contribution in [0.2, 0.25) is 0 Å². The predicted molar refractivity (Wildman–Crippen MR) is 410 cm³/mol. The number of hydrogen-bond donors (Lipinski definition) is 5. The zero-order chi connectivity index (χ0) is 78.3.